The van der Waals surface area contributed by atoms with E-state index in [1.165, 1.54) is 17.5 Å². The molecule has 0 amide bonds. The van der Waals surface area contributed by atoms with Crippen LogP contribution in [0.15, 0.2) is 18.2 Å². The molecule has 2 aliphatic rings. The summed E-state index contributed by atoms with van der Waals surface area (Å²) in [4.78, 5) is 2.54. The fourth-order valence-corrected chi connectivity index (χ4v) is 3.33. The highest BCUT2D eigenvalue weighted by Crippen LogP contribution is 2.36. The zero-order valence-corrected chi connectivity index (χ0v) is 12.0. The fraction of sp³-hybridized carbons (Fsp3) is 0.625. The highest BCUT2D eigenvalue weighted by Gasteiger charge is 2.33. The molecule has 1 unspecified atom stereocenters. The van der Waals surface area contributed by atoms with Crippen molar-refractivity contribution in [2.24, 2.45) is 11.1 Å². The number of hydrogen-bond acceptors (Lipinski definition) is 3. The molecule has 3 nitrogen and oxygen atoms in total. The summed E-state index contributed by atoms with van der Waals surface area (Å²) < 4.78 is 5.58. The van der Waals surface area contributed by atoms with Crippen LogP contribution in [0.25, 0.3) is 0 Å². The second-order valence-electron chi connectivity index (χ2n) is 6.60. The van der Waals surface area contributed by atoms with Gasteiger partial charge in [0.05, 0.1) is 6.61 Å². The monoisotopic (exact) mass is 260 g/mol. The fourth-order valence-electron chi connectivity index (χ4n) is 3.33. The molecule has 0 radical (unpaired) electrons. The number of likely N-dealkylation sites (tertiary alicyclic amines) is 1. The van der Waals surface area contributed by atoms with Crippen molar-refractivity contribution in [3.63, 3.8) is 0 Å². The summed E-state index contributed by atoms with van der Waals surface area (Å²) in [5.74, 6) is 1.06. The average Bonchev–Trinajstić information content (AvgIpc) is 2.96. The Morgan fingerprint density at radius 3 is 2.95 bits per heavy atom. The Morgan fingerprint density at radius 2 is 2.26 bits per heavy atom. The van der Waals surface area contributed by atoms with Gasteiger partial charge in [0.2, 0.25) is 0 Å². The Balaban J connectivity index is 1.83. The van der Waals surface area contributed by atoms with Crippen LogP contribution in [0.1, 0.15) is 37.4 Å². The van der Waals surface area contributed by atoms with E-state index in [2.05, 4.69) is 36.9 Å². The van der Waals surface area contributed by atoms with Crippen LogP contribution >= 0.6 is 0 Å². The summed E-state index contributed by atoms with van der Waals surface area (Å²) in [5, 5.41) is 0. The minimum Gasteiger partial charge on any atom is -0.493 e. The normalized spacial score (nSPS) is 23.1. The number of nitrogens with zero attached hydrogens (tertiary/aromatic N) is 1. The lowest BCUT2D eigenvalue weighted by molar-refractivity contribution is 0.223. The van der Waals surface area contributed by atoms with Crippen LogP contribution in [-0.4, -0.2) is 31.1 Å². The number of fused-ring (bicyclic) bond motifs is 1. The smallest absolute Gasteiger partial charge is 0.122 e. The minimum absolute atomic E-state index is 0.354. The average molecular weight is 260 g/mol. The third-order valence-corrected chi connectivity index (χ3v) is 4.47. The van der Waals surface area contributed by atoms with E-state index in [0.29, 0.717) is 18.0 Å². The molecule has 3 rings (SSSR count). The molecule has 0 aliphatic carbocycles. The zero-order chi connectivity index (χ0) is 13.5. The summed E-state index contributed by atoms with van der Waals surface area (Å²) in [7, 11) is 0. The molecule has 0 bridgehead atoms. The molecule has 104 valence electrons. The van der Waals surface area contributed by atoms with E-state index in [-0.39, 0.29) is 0 Å². The first-order valence-corrected chi connectivity index (χ1v) is 7.29. The van der Waals surface area contributed by atoms with E-state index in [1.807, 2.05) is 0 Å². The number of hydrogen-bond donors (Lipinski definition) is 1. The summed E-state index contributed by atoms with van der Waals surface area (Å²) in [5.41, 5.74) is 9.16. The third kappa shape index (κ3) is 2.49. The summed E-state index contributed by atoms with van der Waals surface area (Å²) >= 11 is 0. The summed E-state index contributed by atoms with van der Waals surface area (Å²) in [6, 6.07) is 6.95. The lowest BCUT2D eigenvalue weighted by Gasteiger charge is -2.28. The first-order chi connectivity index (χ1) is 9.09. The van der Waals surface area contributed by atoms with Crippen LogP contribution in [0, 0.1) is 5.41 Å². The van der Waals surface area contributed by atoms with E-state index in [4.69, 9.17) is 10.5 Å². The molecule has 1 aromatic rings. The molecule has 1 atom stereocenters. The highest BCUT2D eigenvalue weighted by atomic mass is 16.5. The molecule has 1 saturated heterocycles. The van der Waals surface area contributed by atoms with Gasteiger partial charge in [-0.3, -0.25) is 4.90 Å². The first-order valence-electron chi connectivity index (χ1n) is 7.29. The van der Waals surface area contributed by atoms with E-state index in [0.717, 1.165) is 31.9 Å². The zero-order valence-electron chi connectivity index (χ0n) is 12.0. The SMILES string of the molecule is CC1(C)CCN(C(CN)c2ccc3c(c2)CCO3)C1. The Bertz CT molecular complexity index is 470. The molecule has 1 aromatic carbocycles. The molecule has 1 fully saturated rings. The van der Waals surface area contributed by atoms with Crippen molar-refractivity contribution in [1.82, 2.24) is 4.90 Å². The first kappa shape index (κ1) is 12.9. The molecule has 0 aromatic heterocycles. The molecule has 3 heteroatoms. The van der Waals surface area contributed by atoms with Crippen LogP contribution < -0.4 is 10.5 Å². The maximum Gasteiger partial charge on any atom is 0.122 e. The Labute approximate surface area is 115 Å². The maximum absolute atomic E-state index is 6.05. The Morgan fingerprint density at radius 1 is 1.42 bits per heavy atom. The molecule has 2 N–H and O–H groups in total. The van der Waals surface area contributed by atoms with Crippen LogP contribution in [0.3, 0.4) is 0 Å². The second kappa shape index (κ2) is 4.80. The predicted molar refractivity (Wildman–Crippen MR) is 77.4 cm³/mol. The van der Waals surface area contributed by atoms with E-state index < -0.39 is 0 Å². The molecular weight excluding hydrogens is 236 g/mol. The van der Waals surface area contributed by atoms with Crippen molar-refractivity contribution in [2.75, 3.05) is 26.2 Å². The largest absolute Gasteiger partial charge is 0.493 e. The minimum atomic E-state index is 0.354. The standard InChI is InChI=1S/C16H24N2O/c1-16(2)6-7-18(11-16)14(10-17)12-3-4-15-13(9-12)5-8-19-15/h3-4,9,14H,5-8,10-11,17H2,1-2H3. The van der Waals surface area contributed by atoms with Crippen molar-refractivity contribution in [1.29, 1.82) is 0 Å². The topological polar surface area (TPSA) is 38.5 Å². The Hall–Kier alpha value is -1.06. The van der Waals surface area contributed by atoms with E-state index in [1.54, 1.807) is 0 Å². The molecule has 19 heavy (non-hydrogen) atoms. The van der Waals surface area contributed by atoms with Gasteiger partial charge in [-0.1, -0.05) is 26.0 Å². The second-order valence-corrected chi connectivity index (χ2v) is 6.60. The quantitative estimate of drug-likeness (QED) is 0.906. The van der Waals surface area contributed by atoms with Gasteiger partial charge < -0.3 is 10.5 Å². The number of benzene rings is 1. The van der Waals surface area contributed by atoms with Gasteiger partial charge in [-0.2, -0.15) is 0 Å². The van der Waals surface area contributed by atoms with Crippen molar-refractivity contribution in [2.45, 2.75) is 32.7 Å². The van der Waals surface area contributed by atoms with Crippen molar-refractivity contribution >= 4 is 0 Å². The lowest BCUT2D eigenvalue weighted by atomic mass is 9.93. The van der Waals surface area contributed by atoms with Gasteiger partial charge in [0, 0.05) is 25.6 Å². The van der Waals surface area contributed by atoms with Gasteiger partial charge in [-0.25, -0.2) is 0 Å². The number of ether oxygens (including phenoxy) is 1. The van der Waals surface area contributed by atoms with Crippen LogP contribution in [0.4, 0.5) is 0 Å². The Kier molecular flexibility index (Phi) is 3.27. The molecule has 0 saturated carbocycles. The number of nitrogens with two attached hydrogens (primary N) is 1. The van der Waals surface area contributed by atoms with Gasteiger partial charge in [0.15, 0.2) is 0 Å². The van der Waals surface area contributed by atoms with Crippen molar-refractivity contribution in [3.8, 4) is 5.75 Å². The molecule has 2 heterocycles. The molecule has 2 aliphatic heterocycles. The van der Waals surface area contributed by atoms with Gasteiger partial charge in [0.25, 0.3) is 0 Å². The summed E-state index contributed by atoms with van der Waals surface area (Å²) in [6.45, 7) is 8.50. The van der Waals surface area contributed by atoms with Crippen LogP contribution in [0.5, 0.6) is 5.75 Å². The highest BCUT2D eigenvalue weighted by molar-refractivity contribution is 5.41. The van der Waals surface area contributed by atoms with Crippen LogP contribution in [0.2, 0.25) is 0 Å². The predicted octanol–water partition coefficient (Wildman–Crippen LogP) is 2.35. The van der Waals surface area contributed by atoms with Crippen molar-refractivity contribution < 1.29 is 4.74 Å². The van der Waals surface area contributed by atoms with E-state index in [9.17, 15) is 0 Å². The van der Waals surface area contributed by atoms with Gasteiger partial charge >= 0.3 is 0 Å². The van der Waals surface area contributed by atoms with Crippen LogP contribution in [-0.2, 0) is 6.42 Å². The third-order valence-electron chi connectivity index (χ3n) is 4.47. The lowest BCUT2D eigenvalue weighted by Crippen LogP contribution is -2.33. The van der Waals surface area contributed by atoms with E-state index >= 15 is 0 Å². The van der Waals surface area contributed by atoms with Gasteiger partial charge in [-0.15, -0.1) is 0 Å². The number of rotatable bonds is 3. The van der Waals surface area contributed by atoms with Gasteiger partial charge in [0.1, 0.15) is 5.75 Å². The maximum atomic E-state index is 6.05. The molecule has 0 spiro atoms. The van der Waals surface area contributed by atoms with Gasteiger partial charge in [-0.05, 0) is 35.6 Å². The molecular formula is C16H24N2O. The van der Waals surface area contributed by atoms with Crippen molar-refractivity contribution in [3.05, 3.63) is 29.3 Å². The summed E-state index contributed by atoms with van der Waals surface area (Å²) in [6.07, 6.45) is 2.30.